The van der Waals surface area contributed by atoms with Crippen LogP contribution < -0.4 is 10.1 Å². The lowest BCUT2D eigenvalue weighted by Crippen LogP contribution is -2.19. The van der Waals surface area contributed by atoms with Crippen LogP contribution in [0.2, 0.25) is 5.02 Å². The van der Waals surface area contributed by atoms with Gasteiger partial charge in [0.25, 0.3) is 0 Å². The molecule has 1 aromatic heterocycles. The smallest absolute Gasteiger partial charge is 0.127 e. The number of hydrogen-bond acceptors (Lipinski definition) is 3. The quantitative estimate of drug-likeness (QED) is 0.837. The summed E-state index contributed by atoms with van der Waals surface area (Å²) in [6.45, 7) is 6.56. The van der Waals surface area contributed by atoms with Crippen molar-refractivity contribution in [2.45, 2.75) is 27.0 Å². The van der Waals surface area contributed by atoms with Crippen molar-refractivity contribution in [1.82, 2.24) is 10.3 Å². The zero-order valence-corrected chi connectivity index (χ0v) is 13.2. The molecule has 0 amide bonds. The Labute approximate surface area is 131 Å². The van der Waals surface area contributed by atoms with Gasteiger partial charge in [-0.05, 0) is 24.6 Å². The molecule has 0 radical (unpaired) electrons. The lowest BCUT2D eigenvalue weighted by Gasteiger charge is -2.13. The van der Waals surface area contributed by atoms with Crippen LogP contribution in [0.1, 0.15) is 25.0 Å². The van der Waals surface area contributed by atoms with Crippen LogP contribution in [0.15, 0.2) is 42.7 Å². The van der Waals surface area contributed by atoms with E-state index in [-0.39, 0.29) is 0 Å². The molecule has 3 nitrogen and oxygen atoms in total. The van der Waals surface area contributed by atoms with E-state index in [9.17, 15) is 0 Å². The number of halogens is 1. The minimum absolute atomic E-state index is 0.459. The van der Waals surface area contributed by atoms with Gasteiger partial charge in [-0.2, -0.15) is 0 Å². The minimum atomic E-state index is 0.459. The van der Waals surface area contributed by atoms with E-state index >= 15 is 0 Å². The highest BCUT2D eigenvalue weighted by molar-refractivity contribution is 6.31. The van der Waals surface area contributed by atoms with Crippen molar-refractivity contribution in [3.8, 4) is 5.75 Å². The van der Waals surface area contributed by atoms with Gasteiger partial charge in [0.05, 0.1) is 0 Å². The summed E-state index contributed by atoms with van der Waals surface area (Å²) in [4.78, 5) is 4.17. The molecule has 4 heteroatoms. The molecule has 1 heterocycles. The molecule has 0 saturated carbocycles. The Morgan fingerprint density at radius 1 is 1.19 bits per heavy atom. The fourth-order valence-electron chi connectivity index (χ4n) is 1.95. The van der Waals surface area contributed by atoms with Gasteiger partial charge in [-0.1, -0.05) is 43.6 Å². The molecule has 0 unspecified atom stereocenters. The van der Waals surface area contributed by atoms with Crippen LogP contribution in [0.25, 0.3) is 0 Å². The van der Waals surface area contributed by atoms with Gasteiger partial charge in [0.15, 0.2) is 0 Å². The second-order valence-corrected chi connectivity index (χ2v) is 5.80. The van der Waals surface area contributed by atoms with E-state index in [0.717, 1.165) is 35.0 Å². The number of hydrogen-bond donors (Lipinski definition) is 1. The van der Waals surface area contributed by atoms with Gasteiger partial charge in [-0.3, -0.25) is 4.98 Å². The van der Waals surface area contributed by atoms with E-state index in [1.165, 1.54) is 0 Å². The van der Waals surface area contributed by atoms with E-state index in [0.29, 0.717) is 12.5 Å². The van der Waals surface area contributed by atoms with Crippen LogP contribution in [0.5, 0.6) is 5.75 Å². The normalized spacial score (nSPS) is 10.9. The maximum atomic E-state index is 6.14. The second-order valence-electron chi connectivity index (χ2n) is 5.39. The van der Waals surface area contributed by atoms with Gasteiger partial charge >= 0.3 is 0 Å². The molecule has 0 aliphatic carbocycles. The molecule has 1 aromatic carbocycles. The molecule has 1 N–H and O–H groups in total. The van der Waals surface area contributed by atoms with E-state index in [2.05, 4.69) is 24.1 Å². The Morgan fingerprint density at radius 3 is 2.76 bits per heavy atom. The van der Waals surface area contributed by atoms with Crippen molar-refractivity contribution in [3.63, 3.8) is 0 Å². The molecular weight excluding hydrogens is 284 g/mol. The van der Waals surface area contributed by atoms with Crippen molar-refractivity contribution in [3.05, 3.63) is 58.9 Å². The second kappa shape index (κ2) is 8.01. The average molecular weight is 305 g/mol. The predicted molar refractivity (Wildman–Crippen MR) is 86.6 cm³/mol. The van der Waals surface area contributed by atoms with E-state index in [1.54, 1.807) is 6.20 Å². The average Bonchev–Trinajstić information content (AvgIpc) is 2.47. The fourth-order valence-corrected chi connectivity index (χ4v) is 2.14. The summed E-state index contributed by atoms with van der Waals surface area (Å²) in [6, 6.07) is 9.61. The fraction of sp³-hybridized carbons (Fsp3) is 0.353. The van der Waals surface area contributed by atoms with E-state index < -0.39 is 0 Å². The van der Waals surface area contributed by atoms with Crippen LogP contribution >= 0.6 is 11.6 Å². The summed E-state index contributed by atoms with van der Waals surface area (Å²) in [7, 11) is 0. The van der Waals surface area contributed by atoms with Crippen molar-refractivity contribution in [2.24, 2.45) is 5.92 Å². The highest BCUT2D eigenvalue weighted by atomic mass is 35.5. The number of nitrogens with zero attached hydrogens (tertiary/aromatic N) is 1. The largest absolute Gasteiger partial charge is 0.488 e. The maximum Gasteiger partial charge on any atom is 0.127 e. The number of nitrogens with one attached hydrogen (secondary N) is 1. The lowest BCUT2D eigenvalue weighted by atomic mass is 10.2. The Morgan fingerprint density at radius 2 is 2.00 bits per heavy atom. The third kappa shape index (κ3) is 5.03. The highest BCUT2D eigenvalue weighted by Gasteiger charge is 2.06. The van der Waals surface area contributed by atoms with Gasteiger partial charge < -0.3 is 10.1 Å². The van der Waals surface area contributed by atoms with Crippen molar-refractivity contribution < 1.29 is 4.74 Å². The van der Waals surface area contributed by atoms with Crippen LogP contribution in [0.4, 0.5) is 0 Å². The van der Waals surface area contributed by atoms with Gasteiger partial charge in [-0.15, -0.1) is 0 Å². The molecule has 21 heavy (non-hydrogen) atoms. The predicted octanol–water partition coefficient (Wildman–Crippen LogP) is 4.06. The molecule has 0 atom stereocenters. The van der Waals surface area contributed by atoms with E-state index in [1.807, 2.05) is 36.5 Å². The summed E-state index contributed by atoms with van der Waals surface area (Å²) < 4.78 is 5.90. The zero-order valence-electron chi connectivity index (χ0n) is 12.5. The number of pyridine rings is 1. The Balaban J connectivity index is 1.98. The monoisotopic (exact) mass is 304 g/mol. The molecule has 2 aromatic rings. The topological polar surface area (TPSA) is 34.2 Å². The molecule has 0 aliphatic rings. The van der Waals surface area contributed by atoms with Gasteiger partial charge in [0, 0.05) is 35.1 Å². The van der Waals surface area contributed by atoms with Crippen LogP contribution in [-0.4, -0.2) is 11.5 Å². The molecule has 0 fully saturated rings. The Kier molecular flexibility index (Phi) is 6.03. The molecular formula is C17H21ClN2O. The molecule has 0 spiro atoms. The summed E-state index contributed by atoms with van der Waals surface area (Å²) in [5.41, 5.74) is 2.04. The van der Waals surface area contributed by atoms with Crippen LogP contribution in [0.3, 0.4) is 0 Å². The first-order valence-corrected chi connectivity index (χ1v) is 7.54. The SMILES string of the molecule is CC(C)CNCc1cnccc1OCc1ccccc1Cl. The maximum absolute atomic E-state index is 6.14. The van der Waals surface area contributed by atoms with Crippen molar-refractivity contribution >= 4 is 11.6 Å². The summed E-state index contributed by atoms with van der Waals surface area (Å²) in [5, 5.41) is 4.13. The Hall–Kier alpha value is -1.58. The van der Waals surface area contributed by atoms with Gasteiger partial charge in [0.1, 0.15) is 12.4 Å². The zero-order chi connectivity index (χ0) is 15.1. The molecule has 112 valence electrons. The molecule has 0 aliphatic heterocycles. The van der Waals surface area contributed by atoms with E-state index in [4.69, 9.17) is 16.3 Å². The molecule has 0 saturated heterocycles. The Bertz CT molecular complexity index is 572. The van der Waals surface area contributed by atoms with Crippen LogP contribution in [0, 0.1) is 5.92 Å². The lowest BCUT2D eigenvalue weighted by molar-refractivity contribution is 0.301. The summed E-state index contributed by atoms with van der Waals surface area (Å²) >= 11 is 6.14. The molecule has 0 bridgehead atoms. The number of benzene rings is 1. The minimum Gasteiger partial charge on any atom is -0.488 e. The third-order valence-electron chi connectivity index (χ3n) is 3.07. The summed E-state index contributed by atoms with van der Waals surface area (Å²) in [5.74, 6) is 1.47. The first-order valence-electron chi connectivity index (χ1n) is 7.16. The van der Waals surface area contributed by atoms with Crippen LogP contribution in [-0.2, 0) is 13.2 Å². The highest BCUT2D eigenvalue weighted by Crippen LogP contribution is 2.21. The van der Waals surface area contributed by atoms with Crippen molar-refractivity contribution in [1.29, 1.82) is 0 Å². The summed E-state index contributed by atoms with van der Waals surface area (Å²) in [6.07, 6.45) is 3.59. The van der Waals surface area contributed by atoms with Gasteiger partial charge in [-0.25, -0.2) is 0 Å². The standard InChI is InChI=1S/C17H21ClN2O/c1-13(2)9-20-11-15-10-19-8-7-17(15)21-12-14-5-3-4-6-16(14)18/h3-8,10,13,20H,9,11-12H2,1-2H3. The first-order chi connectivity index (χ1) is 10.2. The first kappa shape index (κ1) is 15.8. The van der Waals surface area contributed by atoms with Gasteiger partial charge in [0.2, 0.25) is 0 Å². The number of ether oxygens (including phenoxy) is 1. The van der Waals surface area contributed by atoms with Crippen molar-refractivity contribution in [2.75, 3.05) is 6.54 Å². The third-order valence-corrected chi connectivity index (χ3v) is 3.44. The number of rotatable bonds is 7. The molecule has 2 rings (SSSR count). The number of aromatic nitrogens is 1.